The van der Waals surface area contributed by atoms with Crippen LogP contribution in [0.4, 0.5) is 5.00 Å². The molecule has 3 N–H and O–H groups in total. The molecule has 0 spiro atoms. The molecule has 0 unspecified atom stereocenters. The number of aromatic nitrogens is 1. The second-order valence-electron chi connectivity index (χ2n) is 6.83. The Kier molecular flexibility index (Phi) is 6.04. The van der Waals surface area contributed by atoms with Gasteiger partial charge < -0.3 is 23.5 Å². The van der Waals surface area contributed by atoms with Crippen LogP contribution in [0.5, 0.6) is 0 Å². The molecule has 0 aliphatic carbocycles. The summed E-state index contributed by atoms with van der Waals surface area (Å²) in [5.41, 5.74) is 7.86. The van der Waals surface area contributed by atoms with Gasteiger partial charge in [-0.2, -0.15) is 0 Å². The summed E-state index contributed by atoms with van der Waals surface area (Å²) in [5.74, 6) is -0.803. The van der Waals surface area contributed by atoms with Crippen molar-refractivity contribution in [2.45, 2.75) is 32.9 Å². The van der Waals surface area contributed by atoms with E-state index in [0.717, 1.165) is 40.2 Å². The van der Waals surface area contributed by atoms with E-state index in [1.807, 2.05) is 24.3 Å². The Bertz CT molecular complexity index is 1010. The van der Waals surface area contributed by atoms with Crippen LogP contribution in [0, 0.1) is 0 Å². The number of nitrogens with zero attached hydrogens (tertiary/aromatic N) is 2. The van der Waals surface area contributed by atoms with Gasteiger partial charge in [0.2, 0.25) is 0 Å². The van der Waals surface area contributed by atoms with E-state index in [9.17, 15) is 9.59 Å². The van der Waals surface area contributed by atoms with Crippen molar-refractivity contribution in [2.24, 2.45) is 5.73 Å². The largest absolute Gasteiger partial charge is 1.00 e. The molecule has 0 radical (unpaired) electrons. The molecule has 0 fully saturated rings. The number of thiophene rings is 1. The number of benzene rings is 1. The Morgan fingerprint density at radius 1 is 1.25 bits per heavy atom. The summed E-state index contributed by atoms with van der Waals surface area (Å²) in [5, 5.41) is 3.79. The van der Waals surface area contributed by atoms with Crippen molar-refractivity contribution in [2.75, 3.05) is 11.9 Å². The summed E-state index contributed by atoms with van der Waals surface area (Å²) in [6.07, 6.45) is 0.763. The predicted octanol–water partition coefficient (Wildman–Crippen LogP) is 0.480. The second-order valence-corrected chi connectivity index (χ2v) is 8.96. The lowest BCUT2D eigenvalue weighted by atomic mass is 10.0. The Balaban J connectivity index is 0.00000225. The quantitative estimate of drug-likeness (QED) is 0.624. The van der Waals surface area contributed by atoms with Crippen LogP contribution in [0.15, 0.2) is 24.3 Å². The van der Waals surface area contributed by atoms with Crippen molar-refractivity contribution >= 4 is 49.7 Å². The lowest BCUT2D eigenvalue weighted by Gasteiger charge is -2.30. The fourth-order valence-corrected chi connectivity index (χ4v) is 5.47. The molecule has 3 heterocycles. The van der Waals surface area contributed by atoms with Crippen LogP contribution in [0.2, 0.25) is 0 Å². The van der Waals surface area contributed by atoms with Crippen LogP contribution in [0.25, 0.3) is 10.2 Å². The van der Waals surface area contributed by atoms with Crippen LogP contribution in [0.3, 0.4) is 0 Å². The first-order chi connectivity index (χ1) is 12.9. The van der Waals surface area contributed by atoms with Gasteiger partial charge in [0.05, 0.1) is 15.8 Å². The monoisotopic (exact) mass is 435 g/mol. The Hall–Kier alpha value is -2.00. The van der Waals surface area contributed by atoms with Crippen LogP contribution >= 0.6 is 22.7 Å². The number of amides is 2. The van der Waals surface area contributed by atoms with Gasteiger partial charge in [0.15, 0.2) is 5.01 Å². The number of halogens is 1. The maximum absolute atomic E-state index is 12.7. The van der Waals surface area contributed by atoms with Crippen molar-refractivity contribution in [1.29, 1.82) is 0 Å². The van der Waals surface area contributed by atoms with Gasteiger partial charge in [-0.05, 0) is 38.0 Å². The Morgan fingerprint density at radius 3 is 2.68 bits per heavy atom. The lowest BCUT2D eigenvalue weighted by molar-refractivity contribution is -0.0000214. The summed E-state index contributed by atoms with van der Waals surface area (Å²) < 4.78 is 0.954. The predicted molar refractivity (Wildman–Crippen MR) is 110 cm³/mol. The number of carbonyl (C=O) groups is 2. The van der Waals surface area contributed by atoms with Gasteiger partial charge >= 0.3 is 0 Å². The number of rotatable bonds is 4. The number of para-hydroxylation sites is 1. The average molecular weight is 436 g/mol. The Labute approximate surface area is 177 Å². The molecular formula is C19H20ClN4O2S2-. The number of hydrogen-bond acceptors (Lipinski definition) is 6. The topological polar surface area (TPSA) is 88.3 Å². The number of thiazole rings is 1. The van der Waals surface area contributed by atoms with E-state index in [2.05, 4.69) is 29.0 Å². The fraction of sp³-hybridized carbons (Fsp3) is 0.316. The highest BCUT2D eigenvalue weighted by Gasteiger charge is 2.29. The molecule has 0 saturated carbocycles. The number of nitrogens with one attached hydrogen (secondary N) is 1. The van der Waals surface area contributed by atoms with Gasteiger partial charge in [0, 0.05) is 24.0 Å². The second kappa shape index (κ2) is 8.16. The third kappa shape index (κ3) is 3.77. The maximum atomic E-state index is 12.7. The number of hydrogen-bond donors (Lipinski definition) is 2. The number of primary amides is 1. The van der Waals surface area contributed by atoms with Crippen LogP contribution in [-0.4, -0.2) is 34.3 Å². The molecule has 0 atom stereocenters. The zero-order valence-corrected chi connectivity index (χ0v) is 17.9. The van der Waals surface area contributed by atoms with E-state index >= 15 is 0 Å². The number of fused-ring (bicyclic) bond motifs is 2. The number of anilines is 1. The summed E-state index contributed by atoms with van der Waals surface area (Å²) in [4.78, 5) is 32.6. The third-order valence-corrected chi connectivity index (χ3v) is 6.95. The molecule has 1 aromatic carbocycles. The molecule has 1 aliphatic rings. The van der Waals surface area contributed by atoms with Crippen molar-refractivity contribution < 1.29 is 22.0 Å². The van der Waals surface area contributed by atoms with Gasteiger partial charge in [-0.3, -0.25) is 14.5 Å². The number of carbonyl (C=O) groups excluding carboxylic acids is 2. The van der Waals surface area contributed by atoms with Gasteiger partial charge in [-0.1, -0.05) is 12.1 Å². The minimum Gasteiger partial charge on any atom is -1.00 e. The first-order valence-corrected chi connectivity index (χ1v) is 10.4. The van der Waals surface area contributed by atoms with Crippen LogP contribution in [0.1, 0.15) is 44.4 Å². The molecule has 0 saturated heterocycles. The molecule has 9 heteroatoms. The normalized spacial score (nSPS) is 14.0. The molecule has 1 aliphatic heterocycles. The van der Waals surface area contributed by atoms with Crippen LogP contribution in [-0.2, 0) is 13.0 Å². The minimum absolute atomic E-state index is 0. The van der Waals surface area contributed by atoms with E-state index < -0.39 is 5.91 Å². The molecule has 28 heavy (non-hydrogen) atoms. The van der Waals surface area contributed by atoms with E-state index in [0.29, 0.717) is 21.6 Å². The smallest absolute Gasteiger partial charge is 0.285 e. The first-order valence-electron chi connectivity index (χ1n) is 8.79. The van der Waals surface area contributed by atoms with Gasteiger partial charge in [0.1, 0.15) is 5.00 Å². The zero-order chi connectivity index (χ0) is 19.1. The van der Waals surface area contributed by atoms with Crippen molar-refractivity contribution in [3.63, 3.8) is 0 Å². The van der Waals surface area contributed by atoms with E-state index in [-0.39, 0.29) is 18.3 Å². The molecular weight excluding hydrogens is 416 g/mol. The Morgan fingerprint density at radius 2 is 2.00 bits per heavy atom. The summed E-state index contributed by atoms with van der Waals surface area (Å²) in [6.45, 7) is 5.97. The van der Waals surface area contributed by atoms with E-state index in [1.54, 1.807) is 0 Å². The average Bonchev–Trinajstić information content (AvgIpc) is 3.21. The van der Waals surface area contributed by atoms with E-state index in [4.69, 9.17) is 5.73 Å². The highest BCUT2D eigenvalue weighted by Crippen LogP contribution is 2.37. The molecule has 3 aromatic rings. The molecule has 4 rings (SSSR count). The summed E-state index contributed by atoms with van der Waals surface area (Å²) in [7, 11) is 0. The summed E-state index contributed by atoms with van der Waals surface area (Å²) >= 11 is 2.78. The molecule has 6 nitrogen and oxygen atoms in total. The van der Waals surface area contributed by atoms with Crippen molar-refractivity contribution in [3.8, 4) is 0 Å². The zero-order valence-electron chi connectivity index (χ0n) is 15.5. The molecule has 2 aromatic heterocycles. The van der Waals surface area contributed by atoms with Crippen molar-refractivity contribution in [1.82, 2.24) is 9.88 Å². The standard InChI is InChI=1S/C19H20N4O2S2.ClH/c1-10(2)23-8-7-11-14(9-23)27-18(15(11)16(20)24)22-17(25)19-21-12-5-3-4-6-13(12)26-19;/h3-6,10H,7-9H2,1-2H3,(H2,20,24)(H,22,25);1H/p-1. The fourth-order valence-electron chi connectivity index (χ4n) is 3.34. The molecule has 148 valence electrons. The van der Waals surface area contributed by atoms with E-state index in [1.165, 1.54) is 22.7 Å². The third-order valence-electron chi connectivity index (χ3n) is 4.78. The molecule has 2 amide bonds. The van der Waals surface area contributed by atoms with Gasteiger partial charge in [-0.25, -0.2) is 4.98 Å². The highest BCUT2D eigenvalue weighted by atomic mass is 35.5. The first kappa shape index (κ1) is 20.7. The van der Waals surface area contributed by atoms with Gasteiger partial charge in [-0.15, -0.1) is 22.7 Å². The highest BCUT2D eigenvalue weighted by molar-refractivity contribution is 7.20. The number of nitrogens with two attached hydrogens (primary N) is 1. The van der Waals surface area contributed by atoms with Gasteiger partial charge in [0.25, 0.3) is 11.8 Å². The van der Waals surface area contributed by atoms with Crippen LogP contribution < -0.4 is 23.5 Å². The maximum Gasteiger partial charge on any atom is 0.285 e. The SMILES string of the molecule is CC(C)N1CCc2c(sc(NC(=O)c3nc4ccccc4s3)c2C(N)=O)C1.[Cl-]. The molecule has 0 bridgehead atoms. The minimum atomic E-state index is -0.495. The summed E-state index contributed by atoms with van der Waals surface area (Å²) in [6, 6.07) is 8.05. The lowest BCUT2D eigenvalue weighted by Crippen LogP contribution is -3.00. The van der Waals surface area contributed by atoms with Crippen molar-refractivity contribution in [3.05, 3.63) is 45.3 Å².